The number of aliphatic carboxylic acids is 1. The number of carboxylic acids is 1. The first-order valence-corrected chi connectivity index (χ1v) is 8.79. The second-order valence-corrected chi connectivity index (χ2v) is 7.12. The SMILES string of the molecule is CC1CCCC(C)N1NC(=O)N1CCSCC1CC(=O)O. The third-order valence-electron chi connectivity index (χ3n) is 4.32. The summed E-state index contributed by atoms with van der Waals surface area (Å²) in [7, 11) is 0. The molecule has 3 atom stereocenters. The van der Waals surface area contributed by atoms with Crippen LogP contribution in [0.4, 0.5) is 4.79 Å². The Morgan fingerprint density at radius 2 is 1.95 bits per heavy atom. The van der Waals surface area contributed by atoms with E-state index in [2.05, 4.69) is 19.3 Å². The van der Waals surface area contributed by atoms with Crippen molar-refractivity contribution in [2.75, 3.05) is 18.1 Å². The number of carboxylic acid groups (broad SMARTS) is 1. The number of piperidine rings is 1. The zero-order chi connectivity index (χ0) is 15.4. The van der Waals surface area contributed by atoms with Crippen LogP contribution in [-0.2, 0) is 4.79 Å². The van der Waals surface area contributed by atoms with Gasteiger partial charge in [0.1, 0.15) is 0 Å². The van der Waals surface area contributed by atoms with Crippen molar-refractivity contribution in [2.45, 2.75) is 57.7 Å². The van der Waals surface area contributed by atoms with Crippen LogP contribution in [0, 0.1) is 0 Å². The van der Waals surface area contributed by atoms with Crippen molar-refractivity contribution in [3.05, 3.63) is 0 Å². The number of amides is 2. The van der Waals surface area contributed by atoms with Crippen molar-refractivity contribution in [3.8, 4) is 0 Å². The van der Waals surface area contributed by atoms with Crippen LogP contribution in [0.1, 0.15) is 39.5 Å². The molecule has 2 N–H and O–H groups in total. The number of hydrogen-bond donors (Lipinski definition) is 2. The van der Waals surface area contributed by atoms with Crippen LogP contribution < -0.4 is 5.43 Å². The Kier molecular flexibility index (Phi) is 5.75. The topological polar surface area (TPSA) is 72.9 Å². The Hall–Kier alpha value is -0.950. The van der Waals surface area contributed by atoms with Gasteiger partial charge in [-0.2, -0.15) is 11.8 Å². The lowest BCUT2D eigenvalue weighted by Gasteiger charge is -2.42. The largest absolute Gasteiger partial charge is 0.481 e. The molecule has 0 radical (unpaired) electrons. The summed E-state index contributed by atoms with van der Waals surface area (Å²) < 4.78 is 0. The Balaban J connectivity index is 1.98. The zero-order valence-electron chi connectivity index (χ0n) is 12.7. The molecule has 2 aliphatic rings. The molecule has 21 heavy (non-hydrogen) atoms. The molecule has 120 valence electrons. The third-order valence-corrected chi connectivity index (χ3v) is 5.41. The van der Waals surface area contributed by atoms with E-state index in [9.17, 15) is 9.59 Å². The third kappa shape index (κ3) is 4.26. The summed E-state index contributed by atoms with van der Waals surface area (Å²) in [6.45, 7) is 4.86. The van der Waals surface area contributed by atoms with E-state index in [-0.39, 0.29) is 18.5 Å². The Labute approximate surface area is 130 Å². The highest BCUT2D eigenvalue weighted by molar-refractivity contribution is 7.99. The molecule has 0 aromatic heterocycles. The van der Waals surface area contributed by atoms with Gasteiger partial charge in [-0.15, -0.1) is 0 Å². The van der Waals surface area contributed by atoms with Crippen LogP contribution in [-0.4, -0.2) is 63.2 Å². The molecule has 0 bridgehead atoms. The number of rotatable bonds is 3. The first kappa shape index (κ1) is 16.4. The fraction of sp³-hybridized carbons (Fsp3) is 0.857. The van der Waals surface area contributed by atoms with Gasteiger partial charge in [-0.3, -0.25) is 10.2 Å². The summed E-state index contributed by atoms with van der Waals surface area (Å²) in [4.78, 5) is 25.2. The number of carbonyl (C=O) groups is 2. The number of carbonyl (C=O) groups excluding carboxylic acids is 1. The van der Waals surface area contributed by atoms with E-state index in [1.165, 1.54) is 6.42 Å². The molecule has 0 saturated carbocycles. The number of nitrogens with one attached hydrogen (secondary N) is 1. The van der Waals surface area contributed by atoms with Crippen LogP contribution >= 0.6 is 11.8 Å². The summed E-state index contributed by atoms with van der Waals surface area (Å²) in [6.07, 6.45) is 3.38. The molecule has 2 fully saturated rings. The minimum Gasteiger partial charge on any atom is -0.481 e. The molecule has 2 amide bonds. The fourth-order valence-electron chi connectivity index (χ4n) is 3.11. The zero-order valence-corrected chi connectivity index (χ0v) is 13.6. The smallest absolute Gasteiger partial charge is 0.332 e. The van der Waals surface area contributed by atoms with Gasteiger partial charge in [0.2, 0.25) is 0 Å². The van der Waals surface area contributed by atoms with Crippen molar-refractivity contribution in [1.82, 2.24) is 15.3 Å². The number of thioether (sulfide) groups is 1. The predicted octanol–water partition coefficient (Wildman–Crippen LogP) is 1.77. The average Bonchev–Trinajstić information content (AvgIpc) is 2.43. The molecule has 7 heteroatoms. The Morgan fingerprint density at radius 1 is 1.29 bits per heavy atom. The average molecular weight is 315 g/mol. The highest BCUT2D eigenvalue weighted by Crippen LogP contribution is 2.22. The summed E-state index contributed by atoms with van der Waals surface area (Å²) >= 11 is 1.71. The molecule has 0 aliphatic carbocycles. The molecule has 2 heterocycles. The minimum atomic E-state index is -0.847. The molecular formula is C14H25N3O3S. The first-order chi connectivity index (χ1) is 9.99. The van der Waals surface area contributed by atoms with Crippen molar-refractivity contribution in [3.63, 3.8) is 0 Å². The van der Waals surface area contributed by atoms with E-state index >= 15 is 0 Å². The lowest BCUT2D eigenvalue weighted by Crippen LogP contribution is -2.60. The van der Waals surface area contributed by atoms with E-state index in [1.807, 2.05) is 5.01 Å². The van der Waals surface area contributed by atoms with E-state index in [4.69, 9.17) is 5.11 Å². The minimum absolute atomic E-state index is 0.0194. The maximum absolute atomic E-state index is 12.5. The van der Waals surface area contributed by atoms with Crippen LogP contribution in [0.5, 0.6) is 0 Å². The van der Waals surface area contributed by atoms with Gasteiger partial charge < -0.3 is 10.0 Å². The van der Waals surface area contributed by atoms with Gasteiger partial charge in [0.25, 0.3) is 0 Å². The second kappa shape index (κ2) is 7.35. The summed E-state index contributed by atoms with van der Waals surface area (Å²) in [5.41, 5.74) is 3.01. The lowest BCUT2D eigenvalue weighted by atomic mass is 10.00. The van der Waals surface area contributed by atoms with Gasteiger partial charge in [0, 0.05) is 30.1 Å². The van der Waals surface area contributed by atoms with E-state index in [1.54, 1.807) is 16.7 Å². The normalized spacial score (nSPS) is 31.0. The molecule has 0 aromatic rings. The quantitative estimate of drug-likeness (QED) is 0.830. The van der Waals surface area contributed by atoms with Crippen molar-refractivity contribution in [2.24, 2.45) is 0 Å². The van der Waals surface area contributed by atoms with Gasteiger partial charge >= 0.3 is 12.0 Å². The van der Waals surface area contributed by atoms with Gasteiger partial charge in [-0.05, 0) is 26.7 Å². The first-order valence-electron chi connectivity index (χ1n) is 7.64. The van der Waals surface area contributed by atoms with Crippen molar-refractivity contribution < 1.29 is 14.7 Å². The molecule has 6 nitrogen and oxygen atoms in total. The molecule has 2 saturated heterocycles. The number of hydrazine groups is 1. The van der Waals surface area contributed by atoms with Crippen molar-refractivity contribution >= 4 is 23.8 Å². The van der Waals surface area contributed by atoms with Crippen LogP contribution in [0.15, 0.2) is 0 Å². The molecule has 2 rings (SSSR count). The van der Waals surface area contributed by atoms with E-state index in [0.29, 0.717) is 24.4 Å². The predicted molar refractivity (Wildman–Crippen MR) is 83.2 cm³/mol. The van der Waals surface area contributed by atoms with Crippen molar-refractivity contribution in [1.29, 1.82) is 0 Å². The standard InChI is InChI=1S/C14H25N3O3S/c1-10-4-3-5-11(2)17(10)15-14(20)16-6-7-21-9-12(16)8-13(18)19/h10-12H,3-9H2,1-2H3,(H,15,20)(H,18,19). The van der Waals surface area contributed by atoms with Gasteiger partial charge in [-0.1, -0.05) is 6.42 Å². The summed E-state index contributed by atoms with van der Waals surface area (Å²) in [6, 6.07) is 0.295. The van der Waals surface area contributed by atoms with Crippen LogP contribution in [0.3, 0.4) is 0 Å². The fourth-order valence-corrected chi connectivity index (χ4v) is 4.17. The maximum Gasteiger partial charge on any atom is 0.332 e. The molecular weight excluding hydrogens is 290 g/mol. The van der Waals surface area contributed by atoms with Gasteiger partial charge in [-0.25, -0.2) is 9.80 Å². The van der Waals surface area contributed by atoms with E-state index < -0.39 is 5.97 Å². The van der Waals surface area contributed by atoms with E-state index in [0.717, 1.165) is 18.6 Å². The monoisotopic (exact) mass is 315 g/mol. The van der Waals surface area contributed by atoms with Crippen LogP contribution in [0.25, 0.3) is 0 Å². The molecule has 2 aliphatic heterocycles. The summed E-state index contributed by atoms with van der Waals surface area (Å²) in [5.74, 6) is 0.722. The molecule has 0 aromatic carbocycles. The summed E-state index contributed by atoms with van der Waals surface area (Å²) in [5, 5.41) is 11.0. The molecule has 0 spiro atoms. The highest BCUT2D eigenvalue weighted by Gasteiger charge is 2.32. The number of hydrogen-bond acceptors (Lipinski definition) is 4. The molecule has 3 unspecified atom stereocenters. The highest BCUT2D eigenvalue weighted by atomic mass is 32.2. The lowest BCUT2D eigenvalue weighted by molar-refractivity contribution is -0.138. The Morgan fingerprint density at radius 3 is 2.57 bits per heavy atom. The van der Waals surface area contributed by atoms with Gasteiger partial charge in [0.05, 0.1) is 12.5 Å². The Bertz CT molecular complexity index is 384. The second-order valence-electron chi connectivity index (χ2n) is 5.97. The maximum atomic E-state index is 12.5. The number of nitrogens with zero attached hydrogens (tertiary/aromatic N) is 2. The number of urea groups is 1. The van der Waals surface area contributed by atoms with Gasteiger partial charge in [0.15, 0.2) is 0 Å². The van der Waals surface area contributed by atoms with Crippen LogP contribution in [0.2, 0.25) is 0 Å².